The minimum Gasteiger partial charge on any atom is -0.364 e. The van der Waals surface area contributed by atoms with Crippen molar-refractivity contribution in [3.8, 4) is 17.2 Å². The van der Waals surface area contributed by atoms with E-state index in [2.05, 4.69) is 11.1 Å². The summed E-state index contributed by atoms with van der Waals surface area (Å²) in [5.41, 5.74) is 8.72. The van der Waals surface area contributed by atoms with Crippen molar-refractivity contribution in [1.29, 1.82) is 5.26 Å². The average molecular weight is 311 g/mol. The van der Waals surface area contributed by atoms with Crippen molar-refractivity contribution in [3.63, 3.8) is 0 Å². The monoisotopic (exact) mass is 310 g/mol. The third-order valence-electron chi connectivity index (χ3n) is 3.55. The van der Waals surface area contributed by atoms with E-state index in [1.54, 1.807) is 48.1 Å². The van der Waals surface area contributed by atoms with Gasteiger partial charge in [0.25, 0.3) is 5.91 Å². The number of hydrogen-bond acceptors (Lipinski definition) is 3. The molecule has 5 nitrogen and oxygen atoms in total. The first-order chi connectivity index (χ1) is 10.5. The van der Waals surface area contributed by atoms with Gasteiger partial charge in [0.2, 0.25) is 0 Å². The van der Waals surface area contributed by atoms with Crippen LogP contribution >= 0.6 is 11.6 Å². The van der Waals surface area contributed by atoms with Crippen LogP contribution in [-0.4, -0.2) is 15.5 Å². The summed E-state index contributed by atoms with van der Waals surface area (Å²) in [6.45, 7) is 0. The molecule has 22 heavy (non-hydrogen) atoms. The predicted molar refractivity (Wildman–Crippen MR) is 84.4 cm³/mol. The van der Waals surface area contributed by atoms with Crippen LogP contribution in [0.1, 0.15) is 16.1 Å². The first-order valence-electron chi connectivity index (χ1n) is 6.46. The maximum atomic E-state index is 11.6. The van der Waals surface area contributed by atoms with Gasteiger partial charge in [-0.15, -0.1) is 0 Å². The fourth-order valence-electron chi connectivity index (χ4n) is 2.60. The van der Waals surface area contributed by atoms with Gasteiger partial charge in [-0.1, -0.05) is 11.6 Å². The number of fused-ring (bicyclic) bond motifs is 1. The summed E-state index contributed by atoms with van der Waals surface area (Å²) < 4.78 is 1.72. The van der Waals surface area contributed by atoms with E-state index in [-0.39, 0.29) is 0 Å². The molecule has 3 aromatic rings. The Morgan fingerprint density at radius 2 is 2.14 bits per heavy atom. The molecular formula is C16H11ClN4O. The second kappa shape index (κ2) is 5.17. The van der Waals surface area contributed by atoms with Crippen LogP contribution in [0.2, 0.25) is 5.15 Å². The Morgan fingerprint density at radius 1 is 1.36 bits per heavy atom. The number of nitrogens with zero attached hydrogens (tertiary/aromatic N) is 3. The number of benzene rings is 1. The molecule has 2 aromatic heterocycles. The molecule has 0 fully saturated rings. The summed E-state index contributed by atoms with van der Waals surface area (Å²) in [5.74, 6) is -0.518. The number of carbonyl (C=O) groups is 1. The Hall–Kier alpha value is -2.84. The van der Waals surface area contributed by atoms with Crippen molar-refractivity contribution < 1.29 is 4.79 Å². The molecule has 6 heteroatoms. The number of halogens is 1. The summed E-state index contributed by atoms with van der Waals surface area (Å²) in [6.07, 6.45) is 1.60. The lowest BCUT2D eigenvalue weighted by Crippen LogP contribution is -2.14. The van der Waals surface area contributed by atoms with Crippen LogP contribution in [0, 0.1) is 11.3 Å². The van der Waals surface area contributed by atoms with E-state index in [0.717, 1.165) is 22.0 Å². The number of rotatable bonds is 2. The highest BCUT2D eigenvalue weighted by Gasteiger charge is 2.16. The largest absolute Gasteiger partial charge is 0.364 e. The van der Waals surface area contributed by atoms with Crippen LogP contribution in [0.25, 0.3) is 22.0 Å². The molecule has 1 aromatic carbocycles. The van der Waals surface area contributed by atoms with Gasteiger partial charge < -0.3 is 10.3 Å². The quantitative estimate of drug-likeness (QED) is 0.738. The Bertz CT molecular complexity index is 953. The van der Waals surface area contributed by atoms with Crippen molar-refractivity contribution in [2.45, 2.75) is 0 Å². The average Bonchev–Trinajstić information content (AvgIpc) is 2.83. The van der Waals surface area contributed by atoms with E-state index in [4.69, 9.17) is 17.3 Å². The van der Waals surface area contributed by atoms with Crippen LogP contribution in [0.5, 0.6) is 0 Å². The molecule has 0 unspecified atom stereocenters. The third kappa shape index (κ3) is 2.20. The minimum atomic E-state index is -0.518. The third-order valence-corrected chi connectivity index (χ3v) is 3.75. The molecule has 0 aliphatic heterocycles. The van der Waals surface area contributed by atoms with Crippen LogP contribution in [-0.2, 0) is 7.05 Å². The number of pyridine rings is 1. The fourth-order valence-corrected chi connectivity index (χ4v) is 2.77. The number of nitrogens with two attached hydrogens (primary N) is 1. The highest BCUT2D eigenvalue weighted by molar-refractivity contribution is 6.29. The number of aromatic nitrogens is 2. The molecule has 0 aliphatic rings. The molecule has 0 atom stereocenters. The van der Waals surface area contributed by atoms with Crippen molar-refractivity contribution >= 4 is 28.4 Å². The molecule has 0 radical (unpaired) electrons. The first-order valence-corrected chi connectivity index (χ1v) is 6.84. The van der Waals surface area contributed by atoms with Gasteiger partial charge in [0, 0.05) is 24.2 Å². The molecule has 0 bridgehead atoms. The van der Waals surface area contributed by atoms with E-state index in [0.29, 0.717) is 16.4 Å². The van der Waals surface area contributed by atoms with Gasteiger partial charge in [0.05, 0.1) is 17.1 Å². The van der Waals surface area contributed by atoms with Crippen LogP contribution in [0.3, 0.4) is 0 Å². The lowest BCUT2D eigenvalue weighted by Gasteiger charge is -2.08. The topological polar surface area (TPSA) is 84.7 Å². The van der Waals surface area contributed by atoms with Crippen molar-refractivity contribution in [3.05, 3.63) is 52.9 Å². The highest BCUT2D eigenvalue weighted by Crippen LogP contribution is 2.32. The number of hydrogen-bond donors (Lipinski definition) is 1. The zero-order valence-corrected chi connectivity index (χ0v) is 12.4. The van der Waals surface area contributed by atoms with Crippen molar-refractivity contribution in [2.24, 2.45) is 12.8 Å². The smallest absolute Gasteiger partial charge is 0.265 e. The fraction of sp³-hybridized carbons (Fsp3) is 0.0625. The van der Waals surface area contributed by atoms with Gasteiger partial charge in [-0.25, -0.2) is 4.98 Å². The number of aryl methyl sites for hydroxylation is 1. The highest BCUT2D eigenvalue weighted by atomic mass is 35.5. The van der Waals surface area contributed by atoms with Gasteiger partial charge in [0.1, 0.15) is 10.8 Å². The van der Waals surface area contributed by atoms with Crippen LogP contribution < -0.4 is 5.73 Å². The van der Waals surface area contributed by atoms with E-state index >= 15 is 0 Å². The van der Waals surface area contributed by atoms with Crippen LogP contribution in [0.15, 0.2) is 36.5 Å². The van der Waals surface area contributed by atoms with Gasteiger partial charge in [-0.3, -0.25) is 4.79 Å². The van der Waals surface area contributed by atoms with Crippen molar-refractivity contribution in [2.75, 3.05) is 0 Å². The molecular weight excluding hydrogens is 300 g/mol. The van der Waals surface area contributed by atoms with E-state index in [9.17, 15) is 10.1 Å². The summed E-state index contributed by atoms with van der Waals surface area (Å²) in [4.78, 5) is 15.5. The lowest BCUT2D eigenvalue weighted by molar-refractivity contribution is 0.0993. The number of amides is 1. The first kappa shape index (κ1) is 14.1. The Kier molecular flexibility index (Phi) is 3.32. The summed E-state index contributed by atoms with van der Waals surface area (Å²) in [7, 11) is 1.76. The second-order valence-electron chi connectivity index (χ2n) is 4.89. The Morgan fingerprint density at radius 3 is 2.77 bits per heavy atom. The van der Waals surface area contributed by atoms with Gasteiger partial charge in [-0.2, -0.15) is 5.26 Å². The molecule has 2 heterocycles. The van der Waals surface area contributed by atoms with Gasteiger partial charge in [-0.05, 0) is 35.9 Å². The molecule has 0 saturated carbocycles. The SMILES string of the molecule is Cn1c(C(N)=O)cc2cc(C#N)cc(-c3ccnc(Cl)c3)c21. The minimum absolute atomic E-state index is 0.359. The number of nitriles is 1. The molecule has 2 N–H and O–H groups in total. The van der Waals surface area contributed by atoms with E-state index in [1.807, 2.05) is 0 Å². The zero-order chi connectivity index (χ0) is 15.9. The van der Waals surface area contributed by atoms with E-state index in [1.165, 1.54) is 0 Å². The zero-order valence-electron chi connectivity index (χ0n) is 11.7. The van der Waals surface area contributed by atoms with Crippen LogP contribution in [0.4, 0.5) is 0 Å². The normalized spacial score (nSPS) is 10.6. The van der Waals surface area contributed by atoms with E-state index < -0.39 is 5.91 Å². The molecule has 3 rings (SSSR count). The molecule has 108 valence electrons. The number of carbonyl (C=O) groups excluding carboxylic acids is 1. The summed E-state index contributed by atoms with van der Waals surface area (Å²) in [5, 5.41) is 10.4. The van der Waals surface area contributed by atoms with Gasteiger partial charge in [0.15, 0.2) is 0 Å². The molecule has 0 spiro atoms. The molecule has 0 aliphatic carbocycles. The predicted octanol–water partition coefficient (Wildman–Crippen LogP) is 2.86. The maximum Gasteiger partial charge on any atom is 0.265 e. The maximum absolute atomic E-state index is 11.6. The lowest BCUT2D eigenvalue weighted by atomic mass is 10.0. The summed E-state index contributed by atoms with van der Waals surface area (Å²) >= 11 is 5.96. The standard InChI is InChI=1S/C16H11ClN4O/c1-21-13(16(19)22)6-11-4-9(8-18)5-12(15(11)21)10-2-3-20-14(17)7-10/h2-7H,1H3,(H2,19,22). The number of primary amides is 1. The molecule has 1 amide bonds. The second-order valence-corrected chi connectivity index (χ2v) is 5.28. The summed E-state index contributed by atoms with van der Waals surface area (Å²) in [6, 6.07) is 10.8. The van der Waals surface area contributed by atoms with Crippen molar-refractivity contribution in [1.82, 2.24) is 9.55 Å². The Labute approximate surface area is 131 Å². The van der Waals surface area contributed by atoms with Gasteiger partial charge >= 0.3 is 0 Å². The molecule has 0 saturated heterocycles. The Balaban J connectivity index is 2.42.